The normalized spacial score (nSPS) is 21.3. The Kier molecular flexibility index (Phi) is 4.74. The van der Waals surface area contributed by atoms with Crippen molar-refractivity contribution in [2.24, 2.45) is 5.73 Å². The van der Waals surface area contributed by atoms with Crippen LogP contribution in [0.3, 0.4) is 0 Å². The zero-order chi connectivity index (χ0) is 19.9. The van der Waals surface area contributed by atoms with Crippen LogP contribution in [0.2, 0.25) is 0 Å². The molecular weight excluding hydrogens is 414 g/mol. The summed E-state index contributed by atoms with van der Waals surface area (Å²) in [5.41, 5.74) is 5.26. The van der Waals surface area contributed by atoms with E-state index in [1.807, 2.05) is 13.0 Å². The molecule has 8 heteroatoms. The number of nitriles is 1. The summed E-state index contributed by atoms with van der Waals surface area (Å²) in [5, 5.41) is 9.85. The molecule has 2 aliphatic heterocycles. The third-order valence-electron chi connectivity index (χ3n) is 4.74. The zero-order valence-electron chi connectivity index (χ0n) is 15.1. The second kappa shape index (κ2) is 6.74. The lowest BCUT2D eigenvalue weighted by molar-refractivity contribution is -0.141. The number of amides is 1. The molecule has 1 amide bonds. The van der Waals surface area contributed by atoms with Crippen molar-refractivity contribution in [1.29, 1.82) is 5.26 Å². The van der Waals surface area contributed by atoms with Crippen molar-refractivity contribution in [2.75, 3.05) is 18.1 Å². The number of nitrogens with two attached hydrogens (primary N) is 1. The number of allylic oxidation sites excluding steroid dienone is 1. The first-order valence-electron chi connectivity index (χ1n) is 8.43. The van der Waals surface area contributed by atoms with Crippen LogP contribution in [0.15, 0.2) is 45.5 Å². The van der Waals surface area contributed by atoms with Crippen molar-refractivity contribution in [3.63, 3.8) is 0 Å². The van der Waals surface area contributed by atoms with Gasteiger partial charge in [0, 0.05) is 22.3 Å². The fourth-order valence-corrected chi connectivity index (χ4v) is 4.11. The van der Waals surface area contributed by atoms with Gasteiger partial charge < -0.3 is 20.1 Å². The predicted octanol–water partition coefficient (Wildman–Crippen LogP) is 2.61. The summed E-state index contributed by atoms with van der Waals surface area (Å²) in [5.74, 6) is -1.20. The van der Waals surface area contributed by atoms with Gasteiger partial charge in [0.25, 0.3) is 0 Å². The van der Waals surface area contributed by atoms with E-state index in [2.05, 4.69) is 15.9 Å². The summed E-state index contributed by atoms with van der Waals surface area (Å²) >= 11 is 3.41. The van der Waals surface area contributed by atoms with Crippen LogP contribution >= 0.6 is 15.9 Å². The molecule has 3 rings (SSSR count). The highest BCUT2D eigenvalue weighted by atomic mass is 79.9. The molecule has 0 fully saturated rings. The van der Waals surface area contributed by atoms with Crippen molar-refractivity contribution in [3.8, 4) is 6.07 Å². The Labute approximate surface area is 165 Å². The van der Waals surface area contributed by atoms with Gasteiger partial charge in [0.2, 0.25) is 11.8 Å². The molecule has 1 unspecified atom stereocenters. The Morgan fingerprint density at radius 1 is 1.44 bits per heavy atom. The largest absolute Gasteiger partial charge is 0.462 e. The number of rotatable bonds is 3. The quantitative estimate of drug-likeness (QED) is 0.737. The molecule has 2 heterocycles. The van der Waals surface area contributed by atoms with Crippen molar-refractivity contribution in [1.82, 2.24) is 0 Å². The van der Waals surface area contributed by atoms with Crippen LogP contribution in [0.1, 0.15) is 26.3 Å². The molecular formula is C19H18BrN3O4. The molecule has 0 saturated carbocycles. The summed E-state index contributed by atoms with van der Waals surface area (Å²) in [6.07, 6.45) is 0. The van der Waals surface area contributed by atoms with Crippen LogP contribution in [0.4, 0.5) is 5.69 Å². The minimum absolute atomic E-state index is 0.0181. The van der Waals surface area contributed by atoms with Crippen LogP contribution in [0, 0.1) is 11.3 Å². The van der Waals surface area contributed by atoms with E-state index >= 15 is 0 Å². The molecule has 1 aromatic rings. The van der Waals surface area contributed by atoms with Gasteiger partial charge in [-0.2, -0.15) is 5.26 Å². The van der Waals surface area contributed by atoms with E-state index in [9.17, 15) is 14.9 Å². The fourth-order valence-electron chi connectivity index (χ4n) is 3.75. The minimum atomic E-state index is -1.69. The number of nitrogens with zero attached hydrogens (tertiary/aromatic N) is 2. The minimum Gasteiger partial charge on any atom is -0.462 e. The van der Waals surface area contributed by atoms with Gasteiger partial charge in [0.15, 0.2) is 5.41 Å². The Bertz CT molecular complexity index is 960. The Morgan fingerprint density at radius 3 is 2.74 bits per heavy atom. The van der Waals surface area contributed by atoms with Gasteiger partial charge in [-0.3, -0.25) is 4.79 Å². The number of fused-ring (bicyclic) bond motifs is 2. The standard InChI is InChI=1S/C19H18BrN3O4/c1-4-23-14-7-6-11(20)8-12(14)19(18(23)25)13(9-21)16(22)27-10(3)15(19)17(24)26-5-2/h6-8H,4-5,22H2,1-3H3. The van der Waals surface area contributed by atoms with Crippen LogP contribution in [0.25, 0.3) is 0 Å². The molecule has 140 valence electrons. The molecule has 0 bridgehead atoms. The van der Waals surface area contributed by atoms with Crippen LogP contribution in [-0.4, -0.2) is 25.0 Å². The van der Waals surface area contributed by atoms with E-state index in [0.29, 0.717) is 22.3 Å². The number of benzene rings is 1. The van der Waals surface area contributed by atoms with E-state index < -0.39 is 17.3 Å². The zero-order valence-corrected chi connectivity index (χ0v) is 16.7. The lowest BCUT2D eigenvalue weighted by Crippen LogP contribution is -2.48. The van der Waals surface area contributed by atoms with Crippen molar-refractivity contribution in [2.45, 2.75) is 26.2 Å². The molecule has 7 nitrogen and oxygen atoms in total. The number of esters is 1. The number of likely N-dealkylation sites (N-methyl/N-ethyl adjacent to an activating group) is 1. The van der Waals surface area contributed by atoms with Crippen LogP contribution in [-0.2, 0) is 24.5 Å². The van der Waals surface area contributed by atoms with Gasteiger partial charge in [0.05, 0.1) is 6.61 Å². The van der Waals surface area contributed by atoms with Gasteiger partial charge in [-0.15, -0.1) is 0 Å². The third kappa shape index (κ3) is 2.46. The fraction of sp³-hybridized carbons (Fsp3) is 0.316. The molecule has 0 aliphatic carbocycles. The highest BCUT2D eigenvalue weighted by Crippen LogP contribution is 2.54. The second-order valence-electron chi connectivity index (χ2n) is 6.07. The highest BCUT2D eigenvalue weighted by Gasteiger charge is 2.61. The molecule has 0 saturated heterocycles. The second-order valence-corrected chi connectivity index (χ2v) is 6.98. The average Bonchev–Trinajstić information content (AvgIpc) is 2.84. The molecule has 2 aliphatic rings. The monoisotopic (exact) mass is 431 g/mol. The topological polar surface area (TPSA) is 106 Å². The first-order valence-corrected chi connectivity index (χ1v) is 9.22. The van der Waals surface area contributed by atoms with Crippen molar-refractivity contribution in [3.05, 3.63) is 51.0 Å². The maximum atomic E-state index is 13.6. The van der Waals surface area contributed by atoms with E-state index in [0.717, 1.165) is 0 Å². The maximum absolute atomic E-state index is 13.6. The summed E-state index contributed by atoms with van der Waals surface area (Å²) < 4.78 is 11.4. The summed E-state index contributed by atoms with van der Waals surface area (Å²) in [6, 6.07) is 7.29. The van der Waals surface area contributed by atoms with E-state index in [1.165, 1.54) is 11.8 Å². The number of anilines is 1. The van der Waals surface area contributed by atoms with E-state index in [4.69, 9.17) is 15.2 Å². The SMILES string of the molecule is CCOC(=O)C1=C(C)OC(N)=C(C#N)C12C(=O)N(CC)c1ccc(Br)cc12. The van der Waals surface area contributed by atoms with Crippen LogP contribution in [0.5, 0.6) is 0 Å². The van der Waals surface area contributed by atoms with Crippen molar-refractivity contribution < 1.29 is 19.1 Å². The van der Waals surface area contributed by atoms with E-state index in [-0.39, 0.29) is 29.4 Å². The molecule has 0 radical (unpaired) electrons. The number of carbonyl (C=O) groups is 2. The Hall–Kier alpha value is -2.79. The van der Waals surface area contributed by atoms with Crippen molar-refractivity contribution >= 4 is 33.5 Å². The number of carbonyl (C=O) groups excluding carboxylic acids is 2. The first kappa shape index (κ1) is 19.0. The Morgan fingerprint density at radius 2 is 2.15 bits per heavy atom. The average molecular weight is 432 g/mol. The van der Waals surface area contributed by atoms with Crippen LogP contribution < -0.4 is 10.6 Å². The number of ether oxygens (including phenoxy) is 2. The van der Waals surface area contributed by atoms with Gasteiger partial charge in [-0.05, 0) is 39.0 Å². The van der Waals surface area contributed by atoms with E-state index in [1.54, 1.807) is 25.1 Å². The molecule has 1 atom stereocenters. The molecule has 0 aromatic heterocycles. The number of hydrogen-bond acceptors (Lipinski definition) is 6. The smallest absolute Gasteiger partial charge is 0.339 e. The highest BCUT2D eigenvalue weighted by molar-refractivity contribution is 9.10. The first-order chi connectivity index (χ1) is 12.8. The number of halogens is 1. The molecule has 1 spiro atoms. The summed E-state index contributed by atoms with van der Waals surface area (Å²) in [7, 11) is 0. The maximum Gasteiger partial charge on any atom is 0.339 e. The lowest BCUT2D eigenvalue weighted by atomic mass is 9.68. The summed E-state index contributed by atoms with van der Waals surface area (Å²) in [4.78, 5) is 28.0. The number of hydrogen-bond donors (Lipinski definition) is 1. The van der Waals surface area contributed by atoms with Gasteiger partial charge >= 0.3 is 5.97 Å². The Balaban J connectivity index is 2.46. The van der Waals surface area contributed by atoms with Gasteiger partial charge in [0.1, 0.15) is 23.0 Å². The van der Waals surface area contributed by atoms with Gasteiger partial charge in [-0.1, -0.05) is 15.9 Å². The third-order valence-corrected chi connectivity index (χ3v) is 5.23. The summed E-state index contributed by atoms with van der Waals surface area (Å²) in [6.45, 7) is 5.50. The lowest BCUT2D eigenvalue weighted by Gasteiger charge is -2.34. The predicted molar refractivity (Wildman–Crippen MR) is 101 cm³/mol. The van der Waals surface area contributed by atoms with Gasteiger partial charge in [-0.25, -0.2) is 4.79 Å². The molecule has 1 aromatic carbocycles. The molecule has 27 heavy (non-hydrogen) atoms. The molecule has 2 N–H and O–H groups in total.